The van der Waals surface area contributed by atoms with E-state index < -0.39 is 45.9 Å². The third-order valence-electron chi connectivity index (χ3n) is 8.15. The van der Waals surface area contributed by atoms with Crippen molar-refractivity contribution in [2.24, 2.45) is 11.8 Å². The van der Waals surface area contributed by atoms with Gasteiger partial charge in [0, 0.05) is 24.7 Å². The summed E-state index contributed by atoms with van der Waals surface area (Å²) in [6.07, 6.45) is 1.95. The largest absolute Gasteiger partial charge is 0.497 e. The second-order valence-electron chi connectivity index (χ2n) is 13.8. The highest BCUT2D eigenvalue weighted by Crippen LogP contribution is 2.26. The lowest BCUT2D eigenvalue weighted by Gasteiger charge is -2.35. The first kappa shape index (κ1) is 38.3. The number of hydrogen-bond acceptors (Lipinski definition) is 7. The van der Waals surface area contributed by atoms with Gasteiger partial charge >= 0.3 is 6.09 Å². The number of methoxy groups -OCH3 is 1. The molecule has 3 rings (SSSR count). The van der Waals surface area contributed by atoms with Gasteiger partial charge in [-0.2, -0.15) is 17.4 Å². The van der Waals surface area contributed by atoms with Gasteiger partial charge in [-0.25, -0.2) is 4.79 Å². The van der Waals surface area contributed by atoms with Crippen molar-refractivity contribution >= 4 is 22.2 Å². The second kappa shape index (κ2) is 17.8. The summed E-state index contributed by atoms with van der Waals surface area (Å²) in [6.45, 7) is 9.43. The predicted octanol–water partition coefficient (Wildman–Crippen LogP) is 4.55. The minimum absolute atomic E-state index is 0.0744. The fraction of sp³-hybridized carbons (Fsp3) is 0.600. The summed E-state index contributed by atoms with van der Waals surface area (Å²) < 4.78 is 41.4. The molecule has 47 heavy (non-hydrogen) atoms. The van der Waals surface area contributed by atoms with E-state index in [0.717, 1.165) is 24.0 Å². The summed E-state index contributed by atoms with van der Waals surface area (Å²) in [5, 5.41) is 17.5. The van der Waals surface area contributed by atoms with Crippen LogP contribution in [0.5, 0.6) is 5.75 Å². The maximum Gasteiger partial charge on any atom is 0.407 e. The number of carbonyl (C=O) groups is 2. The molecule has 1 fully saturated rings. The zero-order valence-corrected chi connectivity index (χ0v) is 29.5. The number of aliphatic hydroxyl groups excluding tert-OH is 1. The molecule has 0 aliphatic heterocycles. The monoisotopic (exact) mass is 674 g/mol. The normalized spacial score (nSPS) is 18.4. The van der Waals surface area contributed by atoms with Gasteiger partial charge in [-0.3, -0.25) is 4.79 Å². The Morgan fingerprint density at radius 3 is 2.28 bits per heavy atom. The molecule has 262 valence electrons. The summed E-state index contributed by atoms with van der Waals surface area (Å²) in [4.78, 5) is 26.6. The van der Waals surface area contributed by atoms with Crippen molar-refractivity contribution in [3.05, 3.63) is 65.7 Å². The smallest absolute Gasteiger partial charge is 0.407 e. The van der Waals surface area contributed by atoms with E-state index in [4.69, 9.17) is 9.47 Å². The van der Waals surface area contributed by atoms with Gasteiger partial charge < -0.3 is 25.2 Å². The van der Waals surface area contributed by atoms with Gasteiger partial charge in [0.25, 0.3) is 10.2 Å². The van der Waals surface area contributed by atoms with E-state index >= 15 is 0 Å². The molecule has 0 aromatic heterocycles. The van der Waals surface area contributed by atoms with Crippen LogP contribution in [0.1, 0.15) is 77.8 Å². The minimum Gasteiger partial charge on any atom is -0.497 e. The number of carbonyl (C=O) groups excluding carboxylic acids is 2. The Balaban J connectivity index is 1.74. The first-order valence-corrected chi connectivity index (χ1v) is 18.0. The van der Waals surface area contributed by atoms with Crippen LogP contribution >= 0.6 is 0 Å². The van der Waals surface area contributed by atoms with Crippen molar-refractivity contribution in [2.45, 2.75) is 103 Å². The highest BCUT2D eigenvalue weighted by Gasteiger charge is 2.36. The lowest BCUT2D eigenvalue weighted by molar-refractivity contribution is -0.128. The predicted molar refractivity (Wildman–Crippen MR) is 183 cm³/mol. The quantitative estimate of drug-likeness (QED) is 0.204. The molecule has 1 saturated carbocycles. The minimum atomic E-state index is -3.93. The number of benzene rings is 2. The molecule has 4 atom stereocenters. The topological polar surface area (TPSA) is 146 Å². The van der Waals surface area contributed by atoms with E-state index in [0.29, 0.717) is 31.4 Å². The number of rotatable bonds is 16. The summed E-state index contributed by atoms with van der Waals surface area (Å²) in [5.74, 6) is 0.120. The van der Waals surface area contributed by atoms with Gasteiger partial charge in [-0.15, -0.1) is 0 Å². The molecule has 0 radical (unpaired) electrons. The molecule has 0 heterocycles. The molecule has 2 amide bonds. The fourth-order valence-corrected chi connectivity index (χ4v) is 7.22. The molecular weight excluding hydrogens is 620 g/mol. The average molecular weight is 675 g/mol. The first-order chi connectivity index (χ1) is 22.2. The van der Waals surface area contributed by atoms with Crippen molar-refractivity contribution in [1.82, 2.24) is 19.7 Å². The fourth-order valence-electron chi connectivity index (χ4n) is 5.62. The molecule has 2 aromatic rings. The Morgan fingerprint density at radius 1 is 1.00 bits per heavy atom. The van der Waals surface area contributed by atoms with Gasteiger partial charge in [-0.05, 0) is 75.6 Å². The lowest BCUT2D eigenvalue weighted by Crippen LogP contribution is -2.56. The van der Waals surface area contributed by atoms with Gasteiger partial charge in [0.15, 0.2) is 0 Å². The van der Waals surface area contributed by atoms with E-state index in [-0.39, 0.29) is 31.5 Å². The van der Waals surface area contributed by atoms with E-state index in [1.165, 1.54) is 4.31 Å². The van der Waals surface area contributed by atoms with E-state index in [1.54, 1.807) is 40.0 Å². The third-order valence-corrected chi connectivity index (χ3v) is 10.0. The number of hydrogen-bond donors (Lipinski definition) is 4. The number of aliphatic hydroxyl groups is 1. The third kappa shape index (κ3) is 13.1. The maximum absolute atomic E-state index is 13.8. The number of amides is 2. The number of ether oxygens (including phenoxy) is 2. The Hall–Kier alpha value is -3.19. The van der Waals surface area contributed by atoms with Crippen molar-refractivity contribution in [1.29, 1.82) is 0 Å². The van der Waals surface area contributed by atoms with Crippen LogP contribution in [0.2, 0.25) is 0 Å². The molecule has 4 unspecified atom stereocenters. The number of nitrogens with zero attached hydrogens (tertiary/aromatic N) is 1. The van der Waals surface area contributed by atoms with Gasteiger partial charge in [-0.1, -0.05) is 69.2 Å². The first-order valence-electron chi connectivity index (χ1n) is 16.5. The van der Waals surface area contributed by atoms with Gasteiger partial charge in [0.2, 0.25) is 5.91 Å². The van der Waals surface area contributed by atoms with Crippen molar-refractivity contribution in [3.63, 3.8) is 0 Å². The molecule has 0 bridgehead atoms. The van der Waals surface area contributed by atoms with Crippen LogP contribution in [0.4, 0.5) is 4.79 Å². The molecule has 4 N–H and O–H groups in total. The summed E-state index contributed by atoms with van der Waals surface area (Å²) in [5.41, 5.74) is 0.983. The molecule has 1 aliphatic rings. The highest BCUT2D eigenvalue weighted by molar-refractivity contribution is 7.87. The van der Waals surface area contributed by atoms with E-state index in [2.05, 4.69) is 15.4 Å². The summed E-state index contributed by atoms with van der Waals surface area (Å²) >= 11 is 0. The standard InChI is InChI=1S/C35H54N4O7S/c1-25(2)20-21-39(47(43,44)38-35(3,4)5)23-32(40)31(22-26-12-8-7-9-13-26)36-33(41)29-14-10-11-15-30(29)37-34(42)46-24-27-16-18-28(45-6)19-17-27/h7-9,12-13,16-19,25,29-32,38,40H,10-11,14-15,20-24H2,1-6H3,(H,36,41)(H,37,42). The van der Waals surface area contributed by atoms with Crippen molar-refractivity contribution in [2.75, 3.05) is 20.2 Å². The van der Waals surface area contributed by atoms with Crippen molar-refractivity contribution in [3.8, 4) is 5.75 Å². The zero-order chi connectivity index (χ0) is 34.6. The number of nitrogens with one attached hydrogen (secondary N) is 3. The molecule has 0 saturated heterocycles. The zero-order valence-electron chi connectivity index (χ0n) is 28.7. The van der Waals surface area contributed by atoms with Gasteiger partial charge in [0.05, 0.1) is 25.2 Å². The van der Waals surface area contributed by atoms with Crippen LogP contribution in [0.25, 0.3) is 0 Å². The summed E-state index contributed by atoms with van der Waals surface area (Å²) in [6, 6.07) is 15.5. The van der Waals surface area contributed by atoms with E-state index in [9.17, 15) is 23.1 Å². The molecule has 11 nitrogen and oxygen atoms in total. The molecule has 2 aromatic carbocycles. The van der Waals surface area contributed by atoms with Crippen LogP contribution in [-0.2, 0) is 32.8 Å². The van der Waals surface area contributed by atoms with Crippen molar-refractivity contribution < 1.29 is 32.6 Å². The van der Waals surface area contributed by atoms with Crippen LogP contribution < -0.4 is 20.1 Å². The SMILES string of the molecule is COc1ccc(COC(=O)NC2CCCCC2C(=O)NC(Cc2ccccc2)C(O)CN(CCC(C)C)S(=O)(=O)NC(C)(C)C)cc1. The van der Waals surface area contributed by atoms with Crippen LogP contribution in [0, 0.1) is 11.8 Å². The molecule has 1 aliphatic carbocycles. The number of alkyl carbamates (subject to hydrolysis) is 1. The highest BCUT2D eigenvalue weighted by atomic mass is 32.2. The molecule has 12 heteroatoms. The average Bonchev–Trinajstić information content (AvgIpc) is 3.01. The lowest BCUT2D eigenvalue weighted by atomic mass is 9.83. The molecule has 0 spiro atoms. The Morgan fingerprint density at radius 2 is 1.66 bits per heavy atom. The van der Waals surface area contributed by atoms with Crippen LogP contribution in [-0.4, -0.2) is 73.8 Å². The second-order valence-corrected chi connectivity index (χ2v) is 15.5. The van der Waals surface area contributed by atoms with Crippen LogP contribution in [0.3, 0.4) is 0 Å². The van der Waals surface area contributed by atoms with E-state index in [1.807, 2.05) is 56.3 Å². The Bertz CT molecular complexity index is 1360. The Kier molecular flexibility index (Phi) is 14.5. The molecular formula is C35H54N4O7S. The Labute approximate surface area is 281 Å². The van der Waals surface area contributed by atoms with Gasteiger partial charge in [0.1, 0.15) is 12.4 Å². The summed E-state index contributed by atoms with van der Waals surface area (Å²) in [7, 11) is -2.35. The maximum atomic E-state index is 13.8. The van der Waals surface area contributed by atoms with Crippen LogP contribution in [0.15, 0.2) is 54.6 Å².